The lowest BCUT2D eigenvalue weighted by Gasteiger charge is -2.36. The lowest BCUT2D eigenvalue weighted by atomic mass is 10.2. The second kappa shape index (κ2) is 6.62. The van der Waals surface area contributed by atoms with E-state index in [1.165, 1.54) is 18.4 Å². The molecule has 0 radical (unpaired) electrons. The van der Waals surface area contributed by atoms with Crippen molar-refractivity contribution in [2.75, 3.05) is 33.3 Å². The average molecular weight is 305 g/mol. The molecule has 0 unspecified atom stereocenters. The molecular formula is C16H23N3OS. The van der Waals surface area contributed by atoms with E-state index in [0.29, 0.717) is 6.04 Å². The highest BCUT2D eigenvalue weighted by molar-refractivity contribution is 7.80. The molecule has 3 rings (SSSR count). The van der Waals surface area contributed by atoms with Crippen LogP contribution in [0, 0.1) is 0 Å². The fourth-order valence-corrected chi connectivity index (χ4v) is 2.98. The van der Waals surface area contributed by atoms with E-state index < -0.39 is 0 Å². The van der Waals surface area contributed by atoms with Crippen LogP contribution in [0.3, 0.4) is 0 Å². The van der Waals surface area contributed by atoms with Crippen LogP contribution in [0.5, 0.6) is 5.75 Å². The summed E-state index contributed by atoms with van der Waals surface area (Å²) >= 11 is 5.47. The molecule has 0 amide bonds. The Morgan fingerprint density at radius 1 is 1.29 bits per heavy atom. The van der Waals surface area contributed by atoms with Gasteiger partial charge in [-0.25, -0.2) is 0 Å². The minimum atomic E-state index is 0.646. The monoisotopic (exact) mass is 305 g/mol. The Bertz CT molecular complexity index is 496. The summed E-state index contributed by atoms with van der Waals surface area (Å²) in [4.78, 5) is 4.78. The zero-order chi connectivity index (χ0) is 14.7. The predicted octanol–water partition coefficient (Wildman–Crippen LogP) is 1.85. The zero-order valence-corrected chi connectivity index (χ0v) is 13.4. The van der Waals surface area contributed by atoms with Crippen molar-refractivity contribution in [3.05, 3.63) is 29.8 Å². The van der Waals surface area contributed by atoms with E-state index in [2.05, 4.69) is 33.3 Å². The van der Waals surface area contributed by atoms with E-state index in [0.717, 1.165) is 43.6 Å². The maximum Gasteiger partial charge on any atom is 0.169 e. The SMILES string of the molecule is COc1cccc(CN2CCN(C(=S)NC3CC3)CC2)c1. The first-order valence-electron chi connectivity index (χ1n) is 7.65. The van der Waals surface area contributed by atoms with Crippen molar-refractivity contribution in [3.63, 3.8) is 0 Å². The van der Waals surface area contributed by atoms with E-state index in [-0.39, 0.29) is 0 Å². The average Bonchev–Trinajstić information content (AvgIpc) is 3.32. The van der Waals surface area contributed by atoms with Gasteiger partial charge in [-0.2, -0.15) is 0 Å². The minimum absolute atomic E-state index is 0.646. The Hall–Kier alpha value is -1.33. The van der Waals surface area contributed by atoms with Gasteiger partial charge in [0.2, 0.25) is 0 Å². The van der Waals surface area contributed by atoms with Gasteiger partial charge in [0, 0.05) is 38.8 Å². The van der Waals surface area contributed by atoms with Gasteiger partial charge < -0.3 is 15.0 Å². The van der Waals surface area contributed by atoms with Crippen LogP contribution in [0.1, 0.15) is 18.4 Å². The topological polar surface area (TPSA) is 27.7 Å². The van der Waals surface area contributed by atoms with Gasteiger partial charge in [-0.1, -0.05) is 12.1 Å². The smallest absolute Gasteiger partial charge is 0.169 e. The summed E-state index contributed by atoms with van der Waals surface area (Å²) in [5, 5.41) is 4.37. The molecule has 1 aromatic carbocycles. The molecule has 1 aliphatic heterocycles. The third kappa shape index (κ3) is 4.08. The van der Waals surface area contributed by atoms with Crippen molar-refractivity contribution in [1.29, 1.82) is 0 Å². The molecule has 2 aliphatic rings. The summed E-state index contributed by atoms with van der Waals surface area (Å²) in [7, 11) is 1.71. The predicted molar refractivity (Wildman–Crippen MR) is 88.6 cm³/mol. The second-order valence-electron chi connectivity index (χ2n) is 5.84. The second-order valence-corrected chi connectivity index (χ2v) is 6.23. The zero-order valence-electron chi connectivity index (χ0n) is 12.5. The molecule has 1 aliphatic carbocycles. The van der Waals surface area contributed by atoms with Gasteiger partial charge in [0.1, 0.15) is 5.75 Å². The molecule has 5 heteroatoms. The van der Waals surface area contributed by atoms with Gasteiger partial charge in [-0.05, 0) is 42.8 Å². The molecular weight excluding hydrogens is 282 g/mol. The van der Waals surface area contributed by atoms with Gasteiger partial charge in [-0.15, -0.1) is 0 Å². The third-order valence-electron chi connectivity index (χ3n) is 4.10. The van der Waals surface area contributed by atoms with Gasteiger partial charge >= 0.3 is 0 Å². The number of methoxy groups -OCH3 is 1. The fourth-order valence-electron chi connectivity index (χ4n) is 2.63. The van der Waals surface area contributed by atoms with Crippen molar-refractivity contribution in [2.24, 2.45) is 0 Å². The number of nitrogens with one attached hydrogen (secondary N) is 1. The summed E-state index contributed by atoms with van der Waals surface area (Å²) in [5.74, 6) is 0.931. The van der Waals surface area contributed by atoms with Crippen molar-refractivity contribution < 1.29 is 4.74 Å². The molecule has 2 fully saturated rings. The Morgan fingerprint density at radius 2 is 2.05 bits per heavy atom. The lowest BCUT2D eigenvalue weighted by molar-refractivity contribution is 0.174. The number of rotatable bonds is 4. The standard InChI is InChI=1S/C16H23N3OS/c1-20-15-4-2-3-13(11-15)12-18-7-9-19(10-8-18)16(21)17-14-5-6-14/h2-4,11,14H,5-10,12H2,1H3,(H,17,21). The highest BCUT2D eigenvalue weighted by atomic mass is 32.1. The van der Waals surface area contributed by atoms with E-state index in [1.807, 2.05) is 6.07 Å². The van der Waals surface area contributed by atoms with Gasteiger partial charge in [0.15, 0.2) is 5.11 Å². The maximum absolute atomic E-state index is 5.47. The molecule has 1 saturated carbocycles. The summed E-state index contributed by atoms with van der Waals surface area (Å²) in [6.45, 7) is 5.13. The first kappa shape index (κ1) is 14.6. The molecule has 0 aromatic heterocycles. The van der Waals surface area contributed by atoms with Crippen LogP contribution in [-0.2, 0) is 6.54 Å². The summed E-state index contributed by atoms with van der Waals surface area (Å²) < 4.78 is 5.28. The molecule has 1 N–H and O–H groups in total. The molecule has 0 bridgehead atoms. The first-order chi connectivity index (χ1) is 10.2. The highest BCUT2D eigenvalue weighted by Gasteiger charge is 2.25. The number of benzene rings is 1. The molecule has 0 spiro atoms. The molecule has 4 nitrogen and oxygen atoms in total. The van der Waals surface area contributed by atoms with Crippen molar-refractivity contribution in [2.45, 2.75) is 25.4 Å². The van der Waals surface area contributed by atoms with Crippen LogP contribution in [-0.4, -0.2) is 54.2 Å². The summed E-state index contributed by atoms with van der Waals surface area (Å²) in [6, 6.07) is 8.97. The van der Waals surface area contributed by atoms with Crippen LogP contribution in [0.15, 0.2) is 24.3 Å². The van der Waals surface area contributed by atoms with E-state index in [4.69, 9.17) is 17.0 Å². The van der Waals surface area contributed by atoms with Gasteiger partial charge in [0.05, 0.1) is 7.11 Å². The number of nitrogens with zero attached hydrogens (tertiary/aromatic N) is 2. The Labute approximate surface area is 132 Å². The van der Waals surface area contributed by atoms with Crippen LogP contribution in [0.4, 0.5) is 0 Å². The van der Waals surface area contributed by atoms with E-state index in [9.17, 15) is 0 Å². The van der Waals surface area contributed by atoms with E-state index >= 15 is 0 Å². The van der Waals surface area contributed by atoms with Crippen LogP contribution in [0.2, 0.25) is 0 Å². The molecule has 1 aromatic rings. The van der Waals surface area contributed by atoms with Crippen LogP contribution in [0.25, 0.3) is 0 Å². The Morgan fingerprint density at radius 3 is 2.71 bits per heavy atom. The van der Waals surface area contributed by atoms with Crippen molar-refractivity contribution in [3.8, 4) is 5.75 Å². The number of piperazine rings is 1. The number of ether oxygens (including phenoxy) is 1. The van der Waals surface area contributed by atoms with Crippen molar-refractivity contribution >= 4 is 17.3 Å². The lowest BCUT2D eigenvalue weighted by Crippen LogP contribution is -2.51. The molecule has 0 atom stereocenters. The molecule has 1 heterocycles. The fraction of sp³-hybridized carbons (Fsp3) is 0.562. The molecule has 1 saturated heterocycles. The number of hydrogen-bond acceptors (Lipinski definition) is 3. The molecule has 114 valence electrons. The minimum Gasteiger partial charge on any atom is -0.497 e. The quantitative estimate of drug-likeness (QED) is 0.857. The molecule has 21 heavy (non-hydrogen) atoms. The summed E-state index contributed by atoms with van der Waals surface area (Å²) in [6.07, 6.45) is 2.55. The normalized spacial score (nSPS) is 19.4. The van der Waals surface area contributed by atoms with Gasteiger partial charge in [0.25, 0.3) is 0 Å². The third-order valence-corrected chi connectivity index (χ3v) is 4.48. The number of thiocarbonyl (C=S) groups is 1. The van der Waals surface area contributed by atoms with Gasteiger partial charge in [-0.3, -0.25) is 4.90 Å². The highest BCUT2D eigenvalue weighted by Crippen LogP contribution is 2.19. The Kier molecular flexibility index (Phi) is 4.60. The Balaban J connectivity index is 1.47. The van der Waals surface area contributed by atoms with Crippen LogP contribution >= 0.6 is 12.2 Å². The van der Waals surface area contributed by atoms with E-state index in [1.54, 1.807) is 7.11 Å². The number of hydrogen-bond donors (Lipinski definition) is 1. The van der Waals surface area contributed by atoms with Crippen LogP contribution < -0.4 is 10.1 Å². The first-order valence-corrected chi connectivity index (χ1v) is 8.06. The maximum atomic E-state index is 5.47. The largest absolute Gasteiger partial charge is 0.497 e. The summed E-state index contributed by atoms with van der Waals surface area (Å²) in [5.41, 5.74) is 1.31. The van der Waals surface area contributed by atoms with Crippen molar-refractivity contribution in [1.82, 2.24) is 15.1 Å².